The van der Waals surface area contributed by atoms with Crippen LogP contribution in [-0.4, -0.2) is 61.5 Å². The average molecular weight is 376 g/mol. The third kappa shape index (κ3) is 5.06. The van der Waals surface area contributed by atoms with Crippen molar-refractivity contribution in [3.63, 3.8) is 0 Å². The van der Waals surface area contributed by atoms with Crippen molar-refractivity contribution in [3.05, 3.63) is 35.6 Å². The molecular weight excluding hydrogens is 347 g/mol. The lowest BCUT2D eigenvalue weighted by Gasteiger charge is -2.48. The van der Waals surface area contributed by atoms with Crippen LogP contribution in [0.1, 0.15) is 37.7 Å². The fourth-order valence-electron chi connectivity index (χ4n) is 4.36. The zero-order valence-corrected chi connectivity index (χ0v) is 16.1. The molecule has 1 aromatic carbocycles. The van der Waals surface area contributed by atoms with Crippen LogP contribution >= 0.6 is 0 Å². The molecule has 1 spiro atoms. The predicted molar refractivity (Wildman–Crippen MR) is 101 cm³/mol. The maximum atomic E-state index is 13.3. The Hall–Kier alpha value is -1.95. The molecule has 6 heteroatoms. The van der Waals surface area contributed by atoms with E-state index < -0.39 is 0 Å². The number of benzene rings is 1. The Morgan fingerprint density at radius 2 is 2.15 bits per heavy atom. The first kappa shape index (κ1) is 19.8. The average Bonchev–Trinajstić information content (AvgIpc) is 2.67. The largest absolute Gasteiger partial charge is 0.383 e. The molecule has 2 fully saturated rings. The van der Waals surface area contributed by atoms with Crippen LogP contribution in [0.2, 0.25) is 0 Å². The summed E-state index contributed by atoms with van der Waals surface area (Å²) in [6, 6.07) is 6.44. The van der Waals surface area contributed by atoms with Crippen LogP contribution in [0, 0.1) is 11.2 Å². The Kier molecular flexibility index (Phi) is 6.47. The van der Waals surface area contributed by atoms with Crippen LogP contribution in [0.15, 0.2) is 24.3 Å². The number of ether oxygens (including phenoxy) is 1. The van der Waals surface area contributed by atoms with Crippen LogP contribution in [0.3, 0.4) is 0 Å². The maximum absolute atomic E-state index is 13.3. The molecule has 0 aromatic heterocycles. The van der Waals surface area contributed by atoms with Gasteiger partial charge in [0.2, 0.25) is 11.8 Å². The second-order valence-electron chi connectivity index (χ2n) is 7.86. The molecule has 0 aliphatic carbocycles. The molecule has 0 saturated carbocycles. The van der Waals surface area contributed by atoms with Gasteiger partial charge in [-0.15, -0.1) is 0 Å². The fourth-order valence-corrected chi connectivity index (χ4v) is 4.36. The Morgan fingerprint density at radius 1 is 1.30 bits per heavy atom. The van der Waals surface area contributed by atoms with E-state index in [2.05, 4.69) is 0 Å². The molecule has 2 aliphatic rings. The van der Waals surface area contributed by atoms with E-state index in [0.717, 1.165) is 31.4 Å². The van der Waals surface area contributed by atoms with Gasteiger partial charge in [0, 0.05) is 51.5 Å². The summed E-state index contributed by atoms with van der Waals surface area (Å²) in [6.45, 7) is 3.35. The molecule has 2 saturated heterocycles. The number of hydrogen-bond acceptors (Lipinski definition) is 3. The lowest BCUT2D eigenvalue weighted by Crippen LogP contribution is -2.55. The van der Waals surface area contributed by atoms with Crippen molar-refractivity contribution in [2.75, 3.05) is 39.9 Å². The monoisotopic (exact) mass is 376 g/mol. The highest BCUT2D eigenvalue weighted by molar-refractivity contribution is 5.78. The van der Waals surface area contributed by atoms with Crippen molar-refractivity contribution in [1.82, 2.24) is 9.80 Å². The van der Waals surface area contributed by atoms with Gasteiger partial charge in [-0.1, -0.05) is 12.1 Å². The minimum absolute atomic E-state index is 0.00835. The minimum Gasteiger partial charge on any atom is -0.383 e. The maximum Gasteiger partial charge on any atom is 0.222 e. The summed E-state index contributed by atoms with van der Waals surface area (Å²) in [6.07, 6.45) is 4.37. The van der Waals surface area contributed by atoms with Gasteiger partial charge in [0.15, 0.2) is 0 Å². The Labute approximate surface area is 160 Å². The molecule has 0 unspecified atom stereocenters. The number of rotatable bonds is 6. The van der Waals surface area contributed by atoms with Crippen molar-refractivity contribution >= 4 is 11.8 Å². The Bertz CT molecular complexity index is 681. The van der Waals surface area contributed by atoms with Gasteiger partial charge in [-0.05, 0) is 43.4 Å². The molecule has 1 atom stereocenters. The lowest BCUT2D eigenvalue weighted by atomic mass is 9.73. The number of piperidine rings is 2. The topological polar surface area (TPSA) is 49.9 Å². The zero-order valence-electron chi connectivity index (χ0n) is 16.1. The first-order valence-corrected chi connectivity index (χ1v) is 9.80. The summed E-state index contributed by atoms with van der Waals surface area (Å²) in [4.78, 5) is 28.8. The normalized spacial score (nSPS) is 23.1. The smallest absolute Gasteiger partial charge is 0.222 e. The Balaban J connectivity index is 1.58. The Morgan fingerprint density at radius 3 is 2.93 bits per heavy atom. The molecular formula is C21H29FN2O3. The van der Waals surface area contributed by atoms with Crippen molar-refractivity contribution in [1.29, 1.82) is 0 Å². The number of nitrogens with zero attached hydrogens (tertiary/aromatic N) is 2. The molecule has 1 aromatic rings. The first-order valence-electron chi connectivity index (χ1n) is 9.80. The molecule has 0 bridgehead atoms. The number of halogens is 1. The molecule has 5 nitrogen and oxygen atoms in total. The van der Waals surface area contributed by atoms with Gasteiger partial charge in [0.25, 0.3) is 0 Å². The molecule has 0 N–H and O–H groups in total. The number of aryl methyl sites for hydroxylation is 1. The van der Waals surface area contributed by atoms with Gasteiger partial charge in [-0.25, -0.2) is 4.39 Å². The highest BCUT2D eigenvalue weighted by Gasteiger charge is 2.42. The molecule has 2 heterocycles. The molecule has 27 heavy (non-hydrogen) atoms. The number of carbonyl (C=O) groups excluding carboxylic acids is 2. The molecule has 0 radical (unpaired) electrons. The molecule has 2 amide bonds. The minimum atomic E-state index is -0.264. The molecule has 2 aliphatic heterocycles. The summed E-state index contributed by atoms with van der Waals surface area (Å²) in [5.41, 5.74) is 0.859. The standard InChI is InChI=1S/C21H29FN2O3/c1-27-13-12-24-16-21(10-8-20(24)26)9-3-11-23(15-21)19(25)7-6-17-4-2-5-18(22)14-17/h2,4-5,14H,3,6-13,15-16H2,1H3/t21-/m1/s1. The highest BCUT2D eigenvalue weighted by Crippen LogP contribution is 2.39. The highest BCUT2D eigenvalue weighted by atomic mass is 19.1. The van der Waals surface area contributed by atoms with Crippen LogP contribution in [-0.2, 0) is 20.7 Å². The van der Waals surface area contributed by atoms with E-state index in [0.29, 0.717) is 45.5 Å². The number of methoxy groups -OCH3 is 1. The van der Waals surface area contributed by atoms with Crippen LogP contribution in [0.25, 0.3) is 0 Å². The van der Waals surface area contributed by atoms with Gasteiger partial charge >= 0.3 is 0 Å². The van der Waals surface area contributed by atoms with Crippen LogP contribution < -0.4 is 0 Å². The summed E-state index contributed by atoms with van der Waals surface area (Å²) in [5, 5.41) is 0. The van der Waals surface area contributed by atoms with Crippen LogP contribution in [0.5, 0.6) is 0 Å². The zero-order chi connectivity index (χ0) is 19.3. The predicted octanol–water partition coefficient (Wildman–Crippen LogP) is 2.64. The van der Waals surface area contributed by atoms with E-state index in [-0.39, 0.29) is 23.0 Å². The van der Waals surface area contributed by atoms with E-state index in [1.165, 1.54) is 12.1 Å². The van der Waals surface area contributed by atoms with Crippen LogP contribution in [0.4, 0.5) is 4.39 Å². The van der Waals surface area contributed by atoms with Gasteiger partial charge in [-0.2, -0.15) is 0 Å². The SMILES string of the molecule is COCCN1C[C@]2(CCCN(C(=O)CCc3cccc(F)c3)C2)CCC1=O. The van der Waals surface area contributed by atoms with E-state index in [4.69, 9.17) is 4.74 Å². The van der Waals surface area contributed by atoms with E-state index in [9.17, 15) is 14.0 Å². The summed E-state index contributed by atoms with van der Waals surface area (Å²) >= 11 is 0. The van der Waals surface area contributed by atoms with Gasteiger partial charge < -0.3 is 14.5 Å². The van der Waals surface area contributed by atoms with E-state index in [1.807, 2.05) is 15.9 Å². The van der Waals surface area contributed by atoms with E-state index >= 15 is 0 Å². The third-order valence-corrected chi connectivity index (χ3v) is 5.84. The fraction of sp³-hybridized carbons (Fsp3) is 0.619. The molecule has 3 rings (SSSR count). The lowest BCUT2D eigenvalue weighted by molar-refractivity contribution is -0.143. The van der Waals surface area contributed by atoms with Crippen molar-refractivity contribution in [2.24, 2.45) is 5.41 Å². The second-order valence-corrected chi connectivity index (χ2v) is 7.86. The number of carbonyl (C=O) groups is 2. The number of likely N-dealkylation sites (tertiary alicyclic amines) is 2. The van der Waals surface area contributed by atoms with Gasteiger partial charge in [0.05, 0.1) is 6.61 Å². The van der Waals surface area contributed by atoms with Crippen molar-refractivity contribution < 1.29 is 18.7 Å². The van der Waals surface area contributed by atoms with Crippen molar-refractivity contribution in [3.8, 4) is 0 Å². The van der Waals surface area contributed by atoms with E-state index in [1.54, 1.807) is 13.2 Å². The van der Waals surface area contributed by atoms with Crippen molar-refractivity contribution in [2.45, 2.75) is 38.5 Å². The number of amides is 2. The summed E-state index contributed by atoms with van der Waals surface area (Å²) < 4.78 is 18.4. The van der Waals surface area contributed by atoms with Gasteiger partial charge in [0.1, 0.15) is 5.82 Å². The summed E-state index contributed by atoms with van der Waals surface area (Å²) in [7, 11) is 1.64. The summed E-state index contributed by atoms with van der Waals surface area (Å²) in [5.74, 6) is 0.0470. The quantitative estimate of drug-likeness (QED) is 0.767. The third-order valence-electron chi connectivity index (χ3n) is 5.84. The second kappa shape index (κ2) is 8.83. The molecule has 148 valence electrons. The first-order chi connectivity index (χ1) is 13.0. The van der Waals surface area contributed by atoms with Gasteiger partial charge in [-0.3, -0.25) is 9.59 Å². The number of hydrogen-bond donors (Lipinski definition) is 0.